The number of aromatic nitrogens is 2. The number of rotatable bonds is 6. The quantitative estimate of drug-likeness (QED) is 0.125. The van der Waals surface area contributed by atoms with Crippen molar-refractivity contribution in [3.8, 4) is 17.1 Å². The summed E-state index contributed by atoms with van der Waals surface area (Å²) in [6.45, 7) is 15.9. The van der Waals surface area contributed by atoms with Gasteiger partial charge in [-0.05, 0) is 57.0 Å². The van der Waals surface area contributed by atoms with Gasteiger partial charge in [0.2, 0.25) is 11.6 Å². The highest BCUT2D eigenvalue weighted by molar-refractivity contribution is 7.23. The van der Waals surface area contributed by atoms with Gasteiger partial charge in [0, 0.05) is 54.5 Å². The SMILES string of the molecule is [C-]#[N+]c1c(N)sc2c(F)ccc(-c3c(C(F)(F)F)cc4c(N5C[C@H](C)N(C(=O)C=C)[C@@H](C)C5)nc(OC[C@@]56CCCN5C[C@H](F)C6)nc4c3F)c12. The molecule has 2 aromatic heterocycles. The molecule has 1 amide bonds. The van der Waals surface area contributed by atoms with Crippen molar-refractivity contribution in [3.63, 3.8) is 0 Å². The lowest BCUT2D eigenvalue weighted by Gasteiger charge is -2.44. The molecule has 5 heterocycles. The molecule has 2 N–H and O–H groups in total. The van der Waals surface area contributed by atoms with Crippen LogP contribution in [0.5, 0.6) is 6.01 Å². The van der Waals surface area contributed by atoms with E-state index in [1.54, 1.807) is 23.6 Å². The minimum absolute atomic E-state index is 0.0248. The molecule has 0 saturated carbocycles. The van der Waals surface area contributed by atoms with E-state index in [2.05, 4.69) is 21.4 Å². The number of nitrogen functional groups attached to an aromatic ring is 1. The molecule has 4 aromatic rings. The van der Waals surface area contributed by atoms with Crippen molar-refractivity contribution in [2.24, 2.45) is 0 Å². The predicted octanol–water partition coefficient (Wildman–Crippen LogP) is 7.51. The first-order chi connectivity index (χ1) is 24.2. The molecule has 3 saturated heterocycles. The van der Waals surface area contributed by atoms with Gasteiger partial charge >= 0.3 is 12.2 Å². The summed E-state index contributed by atoms with van der Waals surface area (Å²) in [5, 5.41) is -0.630. The van der Waals surface area contributed by atoms with Gasteiger partial charge in [0.1, 0.15) is 29.9 Å². The molecule has 9 nitrogen and oxygen atoms in total. The van der Waals surface area contributed by atoms with Crippen LogP contribution in [0.1, 0.15) is 38.7 Å². The Hall–Kier alpha value is -4.62. The lowest BCUT2D eigenvalue weighted by molar-refractivity contribution is -0.137. The third kappa shape index (κ3) is 5.70. The third-order valence-electron chi connectivity index (χ3n) is 10.2. The number of anilines is 2. The number of hydrogen-bond donors (Lipinski definition) is 1. The predicted molar refractivity (Wildman–Crippen MR) is 183 cm³/mol. The number of nitrogens with zero attached hydrogens (tertiary/aromatic N) is 6. The molecule has 2 aromatic carbocycles. The second-order valence-electron chi connectivity index (χ2n) is 13.5. The van der Waals surface area contributed by atoms with E-state index in [1.807, 2.05) is 4.90 Å². The number of nitrogens with two attached hydrogens (primary N) is 1. The standard InChI is InChI=1S/C35H33F6N7O2S/c1-5-24(49)48-17(2)13-46(14-18(48)3)32-21-11-22(35(39,40)41)25(20-7-8-23(37)30-26(20)29(43-4)31(42)51-30)27(38)28(21)44-33(45-32)50-16-34-9-6-10-47(34)15-19(36)12-34/h5,7-8,11,17-19H,1,6,9-10,12-16,42H2,2-3H3/t17-,18-,19+,34-/m0/s1. The van der Waals surface area contributed by atoms with E-state index in [-0.39, 0.29) is 82.1 Å². The molecule has 4 atom stereocenters. The lowest BCUT2D eigenvalue weighted by Crippen LogP contribution is -2.58. The first-order valence-corrected chi connectivity index (χ1v) is 17.2. The number of halogens is 6. The Balaban J connectivity index is 1.45. The molecule has 0 spiro atoms. The summed E-state index contributed by atoms with van der Waals surface area (Å²) in [5.74, 6) is -2.57. The number of alkyl halides is 4. The molecule has 0 radical (unpaired) electrons. The van der Waals surface area contributed by atoms with E-state index in [0.29, 0.717) is 24.3 Å². The Morgan fingerprint density at radius 2 is 1.94 bits per heavy atom. The van der Waals surface area contributed by atoms with Crippen molar-refractivity contribution < 1.29 is 35.9 Å². The van der Waals surface area contributed by atoms with Crippen LogP contribution in [-0.2, 0) is 11.0 Å². The van der Waals surface area contributed by atoms with Crippen molar-refractivity contribution in [1.82, 2.24) is 19.8 Å². The molecule has 7 rings (SSSR count). The van der Waals surface area contributed by atoms with Gasteiger partial charge in [0.05, 0.1) is 27.4 Å². The zero-order valence-corrected chi connectivity index (χ0v) is 28.5. The normalized spacial score (nSPS) is 23.9. The van der Waals surface area contributed by atoms with Crippen LogP contribution in [-0.4, -0.2) is 82.3 Å². The van der Waals surface area contributed by atoms with Gasteiger partial charge in [-0.25, -0.2) is 18.0 Å². The monoisotopic (exact) mass is 729 g/mol. The maximum Gasteiger partial charge on any atom is 0.417 e. The molecular formula is C35H33F6N7O2S. The molecule has 51 heavy (non-hydrogen) atoms. The summed E-state index contributed by atoms with van der Waals surface area (Å²) in [6.07, 6.45) is -3.28. The van der Waals surface area contributed by atoms with Crippen molar-refractivity contribution in [3.05, 3.63) is 59.5 Å². The molecule has 3 aliphatic heterocycles. The van der Waals surface area contributed by atoms with E-state index in [4.69, 9.17) is 17.0 Å². The summed E-state index contributed by atoms with van der Waals surface area (Å²) in [4.78, 5) is 30.1. The van der Waals surface area contributed by atoms with Gasteiger partial charge in [-0.1, -0.05) is 12.6 Å². The fraction of sp³-hybridized carbons (Fsp3) is 0.429. The van der Waals surface area contributed by atoms with Crippen LogP contribution in [0.4, 0.5) is 42.8 Å². The zero-order valence-electron chi connectivity index (χ0n) is 27.7. The second-order valence-corrected chi connectivity index (χ2v) is 14.5. The summed E-state index contributed by atoms with van der Waals surface area (Å²) in [6, 6.07) is 1.47. The van der Waals surface area contributed by atoms with Crippen LogP contribution in [0, 0.1) is 18.2 Å². The highest BCUT2D eigenvalue weighted by Crippen LogP contribution is 2.51. The third-order valence-corrected chi connectivity index (χ3v) is 11.3. The average molecular weight is 730 g/mol. The first kappa shape index (κ1) is 34.8. The summed E-state index contributed by atoms with van der Waals surface area (Å²) >= 11 is 0.683. The Morgan fingerprint density at radius 3 is 2.61 bits per heavy atom. The number of ether oxygens (including phenoxy) is 1. The second kappa shape index (κ2) is 12.6. The Labute approximate surface area is 293 Å². The average Bonchev–Trinajstić information content (AvgIpc) is 3.72. The number of hydrogen-bond acceptors (Lipinski definition) is 8. The largest absolute Gasteiger partial charge is 0.461 e. The number of fused-ring (bicyclic) bond motifs is 3. The van der Waals surface area contributed by atoms with Crippen molar-refractivity contribution in [2.75, 3.05) is 43.4 Å². The van der Waals surface area contributed by atoms with Crippen LogP contribution in [0.3, 0.4) is 0 Å². The molecule has 3 aliphatic rings. The molecule has 0 unspecified atom stereocenters. The maximum atomic E-state index is 17.1. The fourth-order valence-electron chi connectivity index (χ4n) is 8.16. The van der Waals surface area contributed by atoms with Gasteiger partial charge in [-0.15, -0.1) is 11.3 Å². The minimum Gasteiger partial charge on any atom is -0.461 e. The van der Waals surface area contributed by atoms with Crippen LogP contribution in [0.25, 0.3) is 37.0 Å². The van der Waals surface area contributed by atoms with Gasteiger partial charge < -0.3 is 20.3 Å². The molecule has 3 fully saturated rings. The molecule has 268 valence electrons. The number of thiophene rings is 1. The number of piperazine rings is 1. The van der Waals surface area contributed by atoms with E-state index in [1.165, 1.54) is 6.08 Å². The van der Waals surface area contributed by atoms with E-state index in [0.717, 1.165) is 24.6 Å². The zero-order chi connectivity index (χ0) is 36.6. The highest BCUT2D eigenvalue weighted by atomic mass is 32.1. The van der Waals surface area contributed by atoms with Gasteiger partial charge in [-0.3, -0.25) is 9.69 Å². The van der Waals surface area contributed by atoms with E-state index < -0.39 is 58.2 Å². The fourth-order valence-corrected chi connectivity index (χ4v) is 9.10. The Kier molecular flexibility index (Phi) is 8.57. The number of benzene rings is 2. The van der Waals surface area contributed by atoms with E-state index >= 15 is 17.6 Å². The summed E-state index contributed by atoms with van der Waals surface area (Å²) in [5.41, 5.74) is 1.86. The van der Waals surface area contributed by atoms with Crippen LogP contribution < -0.4 is 15.4 Å². The van der Waals surface area contributed by atoms with Gasteiger partial charge in [-0.2, -0.15) is 23.1 Å². The van der Waals surface area contributed by atoms with Crippen molar-refractivity contribution >= 4 is 54.7 Å². The van der Waals surface area contributed by atoms with Crippen LogP contribution in [0.2, 0.25) is 0 Å². The number of carbonyl (C=O) groups is 1. The molecule has 0 aliphatic carbocycles. The maximum absolute atomic E-state index is 17.1. The first-order valence-electron chi connectivity index (χ1n) is 16.4. The summed E-state index contributed by atoms with van der Waals surface area (Å²) < 4.78 is 97.6. The van der Waals surface area contributed by atoms with Crippen LogP contribution >= 0.6 is 11.3 Å². The molecule has 0 bridgehead atoms. The Bertz CT molecular complexity index is 2120. The molecular weight excluding hydrogens is 696 g/mol. The van der Waals surface area contributed by atoms with Crippen molar-refractivity contribution in [2.45, 2.75) is 63.1 Å². The van der Waals surface area contributed by atoms with E-state index in [9.17, 15) is 13.6 Å². The lowest BCUT2D eigenvalue weighted by atomic mass is 9.93. The number of carbonyl (C=O) groups excluding carboxylic acids is 1. The molecule has 16 heteroatoms. The highest BCUT2D eigenvalue weighted by Gasteiger charge is 2.49. The van der Waals surface area contributed by atoms with Crippen molar-refractivity contribution in [1.29, 1.82) is 0 Å². The van der Waals surface area contributed by atoms with Gasteiger partial charge in [0.25, 0.3) is 0 Å². The Morgan fingerprint density at radius 1 is 1.22 bits per heavy atom. The summed E-state index contributed by atoms with van der Waals surface area (Å²) in [7, 11) is 0. The number of amides is 1. The van der Waals surface area contributed by atoms with Crippen LogP contribution in [0.15, 0.2) is 30.9 Å². The van der Waals surface area contributed by atoms with Gasteiger partial charge in [0.15, 0.2) is 5.82 Å². The topological polar surface area (TPSA) is 92.2 Å². The minimum atomic E-state index is -5.12. The smallest absolute Gasteiger partial charge is 0.417 e.